The number of hydrogen-bond donors (Lipinski definition) is 1. The number of fused-ring (bicyclic) bond motifs is 1. The van der Waals surface area contributed by atoms with Gasteiger partial charge in [-0.2, -0.15) is 0 Å². The molecule has 1 amide bonds. The molecule has 5 heteroatoms. The second-order valence-electron chi connectivity index (χ2n) is 9.00. The molecule has 0 atom stereocenters. The van der Waals surface area contributed by atoms with Gasteiger partial charge in [-0.25, -0.2) is 4.98 Å². The largest absolute Gasteiger partial charge is 0.489 e. The molecule has 2 aromatic heterocycles. The van der Waals surface area contributed by atoms with E-state index in [9.17, 15) is 4.79 Å². The van der Waals surface area contributed by atoms with Gasteiger partial charge in [-0.1, -0.05) is 42.0 Å². The zero-order valence-electron chi connectivity index (χ0n) is 20.7. The van der Waals surface area contributed by atoms with E-state index < -0.39 is 0 Å². The molecule has 1 N–H and O–H groups in total. The average Bonchev–Trinajstić information content (AvgIpc) is 3.41. The van der Waals surface area contributed by atoms with Crippen molar-refractivity contribution < 1.29 is 13.9 Å². The van der Waals surface area contributed by atoms with E-state index in [1.807, 2.05) is 93.6 Å². The molecule has 2 heterocycles. The van der Waals surface area contributed by atoms with Gasteiger partial charge in [-0.3, -0.25) is 4.79 Å². The lowest BCUT2D eigenvalue weighted by atomic mass is 9.94. The molecule has 5 rings (SSSR count). The number of furan rings is 1. The predicted octanol–water partition coefficient (Wildman–Crippen LogP) is 6.93. The fourth-order valence-electron chi connectivity index (χ4n) is 4.51. The number of hydrogen-bond acceptors (Lipinski definition) is 4. The van der Waals surface area contributed by atoms with Gasteiger partial charge in [0.2, 0.25) is 0 Å². The summed E-state index contributed by atoms with van der Waals surface area (Å²) in [4.78, 5) is 18.5. The van der Waals surface area contributed by atoms with Crippen LogP contribution < -0.4 is 10.1 Å². The normalized spacial score (nSPS) is 11.0. The molecule has 0 saturated heterocycles. The molecule has 0 spiro atoms. The van der Waals surface area contributed by atoms with E-state index >= 15 is 0 Å². The highest BCUT2D eigenvalue weighted by atomic mass is 16.5. The molecule has 0 radical (unpaired) electrons. The predicted molar refractivity (Wildman–Crippen MR) is 142 cm³/mol. The molecule has 0 aliphatic carbocycles. The van der Waals surface area contributed by atoms with Crippen molar-refractivity contribution in [1.29, 1.82) is 0 Å². The Morgan fingerprint density at radius 1 is 0.944 bits per heavy atom. The zero-order chi connectivity index (χ0) is 25.1. The highest BCUT2D eigenvalue weighted by Gasteiger charge is 2.20. The van der Waals surface area contributed by atoms with Crippen LogP contribution in [-0.4, -0.2) is 10.9 Å². The Labute approximate surface area is 210 Å². The van der Waals surface area contributed by atoms with Crippen LogP contribution in [0.15, 0.2) is 89.5 Å². The number of amides is 1. The second-order valence-corrected chi connectivity index (χ2v) is 9.00. The third-order valence-corrected chi connectivity index (χ3v) is 6.27. The fraction of sp³-hybridized carbons (Fsp3) is 0.161. The standard InChI is InChI=1S/C31H28N2O3/c1-20-16-21(2)29-27(17-20)28(31(34)32-18-26-10-7-15-35-26)22(3)30(33-29)24-11-13-25(14-12-24)36-19-23-8-5-4-6-9-23/h4-17H,18-19H2,1-3H3,(H,32,34). The monoisotopic (exact) mass is 476 g/mol. The Morgan fingerprint density at radius 3 is 2.44 bits per heavy atom. The van der Waals surface area contributed by atoms with Gasteiger partial charge in [0.05, 0.1) is 29.6 Å². The molecule has 0 saturated carbocycles. The van der Waals surface area contributed by atoms with Crippen molar-refractivity contribution in [3.05, 3.63) is 119 Å². The Balaban J connectivity index is 1.50. The maximum Gasteiger partial charge on any atom is 0.252 e. The summed E-state index contributed by atoms with van der Waals surface area (Å²) in [7, 11) is 0. The van der Waals surface area contributed by atoms with Crippen molar-refractivity contribution in [3.8, 4) is 17.0 Å². The van der Waals surface area contributed by atoms with Crippen molar-refractivity contribution in [1.82, 2.24) is 10.3 Å². The number of rotatable bonds is 7. The van der Waals surface area contributed by atoms with Crippen LogP contribution in [0, 0.1) is 20.8 Å². The third-order valence-electron chi connectivity index (χ3n) is 6.27. The summed E-state index contributed by atoms with van der Waals surface area (Å²) < 4.78 is 11.3. The molecule has 0 bridgehead atoms. The number of nitrogens with one attached hydrogen (secondary N) is 1. The number of carbonyl (C=O) groups excluding carboxylic acids is 1. The van der Waals surface area contributed by atoms with Gasteiger partial charge in [0.15, 0.2) is 0 Å². The van der Waals surface area contributed by atoms with Crippen molar-refractivity contribution in [2.75, 3.05) is 0 Å². The number of carbonyl (C=O) groups is 1. The summed E-state index contributed by atoms with van der Waals surface area (Å²) >= 11 is 0. The lowest BCUT2D eigenvalue weighted by Gasteiger charge is -2.17. The Kier molecular flexibility index (Phi) is 6.54. The van der Waals surface area contributed by atoms with E-state index in [2.05, 4.69) is 11.4 Å². The number of aryl methyl sites for hydroxylation is 2. The van der Waals surface area contributed by atoms with Crippen LogP contribution in [0.2, 0.25) is 0 Å². The lowest BCUT2D eigenvalue weighted by molar-refractivity contribution is 0.0949. The van der Waals surface area contributed by atoms with Gasteiger partial charge in [0, 0.05) is 10.9 Å². The van der Waals surface area contributed by atoms with E-state index in [4.69, 9.17) is 14.1 Å². The Bertz CT molecular complexity index is 1510. The first-order valence-electron chi connectivity index (χ1n) is 12.0. The minimum Gasteiger partial charge on any atom is -0.489 e. The van der Waals surface area contributed by atoms with Crippen LogP contribution in [0.5, 0.6) is 5.75 Å². The summed E-state index contributed by atoms with van der Waals surface area (Å²) in [6, 6.07) is 25.8. The summed E-state index contributed by atoms with van der Waals surface area (Å²) in [6.45, 7) is 6.86. The van der Waals surface area contributed by atoms with Crippen LogP contribution >= 0.6 is 0 Å². The van der Waals surface area contributed by atoms with E-state index in [0.29, 0.717) is 24.5 Å². The molecule has 180 valence electrons. The molecule has 0 fully saturated rings. The maximum absolute atomic E-state index is 13.5. The van der Waals surface area contributed by atoms with E-state index in [-0.39, 0.29) is 5.91 Å². The summed E-state index contributed by atoms with van der Waals surface area (Å²) in [5, 5.41) is 3.87. The SMILES string of the molecule is Cc1cc(C)c2nc(-c3ccc(OCc4ccccc4)cc3)c(C)c(C(=O)NCc3ccco3)c2c1. The van der Waals surface area contributed by atoms with E-state index in [1.165, 1.54) is 0 Å². The van der Waals surface area contributed by atoms with Crippen molar-refractivity contribution in [3.63, 3.8) is 0 Å². The summed E-state index contributed by atoms with van der Waals surface area (Å²) in [5.74, 6) is 1.34. The molecular formula is C31H28N2O3. The molecule has 5 nitrogen and oxygen atoms in total. The Morgan fingerprint density at radius 2 is 1.72 bits per heavy atom. The third kappa shape index (κ3) is 4.86. The maximum atomic E-state index is 13.5. The highest BCUT2D eigenvalue weighted by molar-refractivity contribution is 6.09. The number of benzene rings is 3. The van der Waals surface area contributed by atoms with Crippen molar-refractivity contribution >= 4 is 16.8 Å². The van der Waals surface area contributed by atoms with Gasteiger partial charge in [0.1, 0.15) is 18.1 Å². The topological polar surface area (TPSA) is 64.4 Å². The minimum atomic E-state index is -0.148. The van der Waals surface area contributed by atoms with Gasteiger partial charge in [-0.15, -0.1) is 0 Å². The number of ether oxygens (including phenoxy) is 1. The minimum absolute atomic E-state index is 0.148. The summed E-state index contributed by atoms with van der Waals surface area (Å²) in [5.41, 5.74) is 7.26. The van der Waals surface area contributed by atoms with Crippen LogP contribution in [0.25, 0.3) is 22.2 Å². The highest BCUT2D eigenvalue weighted by Crippen LogP contribution is 2.32. The zero-order valence-corrected chi connectivity index (χ0v) is 20.7. The smallest absolute Gasteiger partial charge is 0.252 e. The van der Waals surface area contributed by atoms with E-state index in [1.54, 1.807) is 6.26 Å². The van der Waals surface area contributed by atoms with Gasteiger partial charge >= 0.3 is 0 Å². The second kappa shape index (κ2) is 10.1. The van der Waals surface area contributed by atoms with Crippen LogP contribution in [0.3, 0.4) is 0 Å². The first kappa shape index (κ1) is 23.4. The summed E-state index contributed by atoms with van der Waals surface area (Å²) in [6.07, 6.45) is 1.60. The number of pyridine rings is 1. The lowest BCUT2D eigenvalue weighted by Crippen LogP contribution is -2.24. The van der Waals surface area contributed by atoms with Gasteiger partial charge in [-0.05, 0) is 79.9 Å². The van der Waals surface area contributed by atoms with Crippen molar-refractivity contribution in [2.45, 2.75) is 33.9 Å². The molecular weight excluding hydrogens is 448 g/mol. The first-order valence-corrected chi connectivity index (χ1v) is 12.0. The molecule has 3 aromatic carbocycles. The fourth-order valence-corrected chi connectivity index (χ4v) is 4.51. The van der Waals surface area contributed by atoms with Crippen molar-refractivity contribution in [2.24, 2.45) is 0 Å². The quantitative estimate of drug-likeness (QED) is 0.277. The number of nitrogens with zero attached hydrogens (tertiary/aromatic N) is 1. The molecule has 0 aliphatic heterocycles. The molecule has 5 aromatic rings. The van der Waals surface area contributed by atoms with Crippen LogP contribution in [0.1, 0.15) is 38.4 Å². The Hall–Kier alpha value is -4.38. The van der Waals surface area contributed by atoms with Gasteiger partial charge in [0.25, 0.3) is 5.91 Å². The average molecular weight is 477 g/mol. The molecule has 36 heavy (non-hydrogen) atoms. The van der Waals surface area contributed by atoms with E-state index in [0.717, 1.165) is 50.2 Å². The first-order chi connectivity index (χ1) is 17.5. The van der Waals surface area contributed by atoms with Crippen LogP contribution in [0.4, 0.5) is 0 Å². The van der Waals surface area contributed by atoms with Gasteiger partial charge < -0.3 is 14.5 Å². The van der Waals surface area contributed by atoms with Crippen LogP contribution in [-0.2, 0) is 13.2 Å². The molecule has 0 unspecified atom stereocenters. The number of aromatic nitrogens is 1. The molecule has 0 aliphatic rings.